The number of nitrogens with one attached hydrogen (secondary N) is 2. The highest BCUT2D eigenvalue weighted by Gasteiger charge is 2.43. The number of rotatable bonds is 0. The lowest BCUT2D eigenvalue weighted by molar-refractivity contribution is -1.06. The van der Waals surface area contributed by atoms with Gasteiger partial charge in [0.1, 0.15) is 26.2 Å². The van der Waals surface area contributed by atoms with Gasteiger partial charge in [0, 0.05) is 13.0 Å². The Morgan fingerprint density at radius 2 is 1.38 bits per heavy atom. The van der Waals surface area contributed by atoms with Crippen molar-refractivity contribution >= 4 is 0 Å². The quantitative estimate of drug-likeness (QED) is 0.578. The topological polar surface area (TPSA) is 24.1 Å². The molecule has 0 radical (unpaired) electrons. The van der Waals surface area contributed by atoms with E-state index in [0.717, 1.165) is 11.1 Å². The fourth-order valence-corrected chi connectivity index (χ4v) is 3.75. The summed E-state index contributed by atoms with van der Waals surface area (Å²) >= 11 is 0. The lowest BCUT2D eigenvalue weighted by Gasteiger charge is -2.51. The van der Waals surface area contributed by atoms with Crippen LogP contribution >= 0.6 is 0 Å². The van der Waals surface area contributed by atoms with E-state index in [2.05, 4.69) is 11.0 Å². The Morgan fingerprint density at radius 1 is 0.625 bits per heavy atom. The van der Waals surface area contributed by atoms with Crippen molar-refractivity contribution in [2.75, 3.05) is 52.4 Å². The minimum atomic E-state index is 1.14. The summed E-state index contributed by atoms with van der Waals surface area (Å²) in [4.78, 5) is 0. The third kappa shape index (κ3) is 1.99. The zero-order valence-corrected chi connectivity index (χ0v) is 10.4. The number of piperidine rings is 1. The molecule has 0 aromatic rings. The van der Waals surface area contributed by atoms with Crippen LogP contribution in [0, 0.1) is 0 Å². The molecule has 3 heterocycles. The van der Waals surface area contributed by atoms with Gasteiger partial charge in [-0.1, -0.05) is 5.53 Å². The van der Waals surface area contributed by atoms with Gasteiger partial charge >= 0.3 is 0 Å². The summed E-state index contributed by atoms with van der Waals surface area (Å²) in [7, 11) is 0. The number of hydrogen-bond donors (Lipinski definition) is 2. The third-order valence-electron chi connectivity index (χ3n) is 4.97. The maximum Gasteiger partial charge on any atom is 0.147 e. The average molecular weight is 226 g/mol. The summed E-state index contributed by atoms with van der Waals surface area (Å²) in [6.45, 7) is 10.8. The van der Waals surface area contributed by atoms with Crippen molar-refractivity contribution in [3.8, 4) is 0 Å². The summed E-state index contributed by atoms with van der Waals surface area (Å²) in [5, 5.41) is 0. The molecule has 0 aromatic carbocycles. The summed E-state index contributed by atoms with van der Waals surface area (Å²) in [5.74, 6) is 0. The molecule has 2 N–H and O–H groups in total. The zero-order chi connectivity index (χ0) is 10.9. The van der Waals surface area contributed by atoms with E-state index in [-0.39, 0.29) is 0 Å². The summed E-state index contributed by atoms with van der Waals surface area (Å²) < 4.78 is 2.57. The fraction of sp³-hybridized carbons (Fsp3) is 1.00. The molecule has 0 aliphatic carbocycles. The number of nitrogens with zero attached hydrogens (tertiary/aromatic N) is 2. The van der Waals surface area contributed by atoms with E-state index in [1.165, 1.54) is 76.0 Å². The van der Waals surface area contributed by atoms with Gasteiger partial charge in [0.2, 0.25) is 0 Å². The van der Waals surface area contributed by atoms with E-state index in [9.17, 15) is 0 Å². The molecule has 0 bridgehead atoms. The lowest BCUT2D eigenvalue weighted by atomic mass is 10.1. The molecule has 4 heteroatoms. The molecule has 3 fully saturated rings. The van der Waals surface area contributed by atoms with Gasteiger partial charge < -0.3 is 4.48 Å². The lowest BCUT2D eigenvalue weighted by Crippen LogP contribution is -2.75. The van der Waals surface area contributed by atoms with Gasteiger partial charge in [-0.05, 0) is 19.3 Å². The van der Waals surface area contributed by atoms with Gasteiger partial charge in [0.25, 0.3) is 0 Å². The van der Waals surface area contributed by atoms with Gasteiger partial charge in [0.15, 0.2) is 0 Å². The molecule has 3 rings (SSSR count). The summed E-state index contributed by atoms with van der Waals surface area (Å²) in [6.07, 6.45) is 5.73. The van der Waals surface area contributed by atoms with Crippen molar-refractivity contribution in [3.63, 3.8) is 0 Å². The van der Waals surface area contributed by atoms with Crippen molar-refractivity contribution in [1.29, 1.82) is 0 Å². The van der Waals surface area contributed by atoms with Gasteiger partial charge in [0.05, 0.1) is 19.6 Å². The molecule has 16 heavy (non-hydrogen) atoms. The molecular weight excluding hydrogens is 200 g/mol. The number of hydrazine groups is 1. The van der Waals surface area contributed by atoms with Crippen LogP contribution in [-0.4, -0.2) is 61.4 Å². The number of piperazine rings is 1. The molecule has 3 saturated heterocycles. The van der Waals surface area contributed by atoms with Gasteiger partial charge in [-0.3, -0.25) is 0 Å². The Morgan fingerprint density at radius 3 is 2.00 bits per heavy atom. The highest BCUT2D eigenvalue weighted by molar-refractivity contribution is 4.60. The van der Waals surface area contributed by atoms with Crippen molar-refractivity contribution in [3.05, 3.63) is 0 Å². The second-order valence-corrected chi connectivity index (χ2v) is 6.00. The predicted octanol–water partition coefficient (Wildman–Crippen LogP) is 0.230. The first-order valence-corrected chi connectivity index (χ1v) is 7.04. The Balaban J connectivity index is 1.61. The Bertz CT molecular complexity index is 203. The van der Waals surface area contributed by atoms with Crippen LogP contribution in [0.3, 0.4) is 0 Å². The third-order valence-corrected chi connectivity index (χ3v) is 4.97. The Labute approximate surface area is 98.7 Å². The zero-order valence-electron chi connectivity index (χ0n) is 10.4. The largest absolute Gasteiger partial charge is 0.314 e. The van der Waals surface area contributed by atoms with Crippen molar-refractivity contribution < 1.29 is 9.08 Å². The minimum Gasteiger partial charge on any atom is -0.314 e. The van der Waals surface area contributed by atoms with E-state index >= 15 is 0 Å². The standard InChI is InChI=1S/C12H26N4/c1-2-6-15(7-3-1)9-11-16(12-10-15)8-4-5-13-14-16/h13-14H,1-12H2/q+2. The van der Waals surface area contributed by atoms with Crippen molar-refractivity contribution in [2.24, 2.45) is 0 Å². The van der Waals surface area contributed by atoms with Crippen LogP contribution in [0.1, 0.15) is 25.7 Å². The summed E-state index contributed by atoms with van der Waals surface area (Å²) in [5.41, 5.74) is 6.89. The summed E-state index contributed by atoms with van der Waals surface area (Å²) in [6, 6.07) is 0. The number of hydrogen-bond acceptors (Lipinski definition) is 2. The molecule has 0 aromatic heterocycles. The van der Waals surface area contributed by atoms with Crippen molar-refractivity contribution in [2.45, 2.75) is 25.7 Å². The molecule has 0 atom stereocenters. The SMILES string of the molecule is C1CC[N+]2(CC1)CC[N+]1(CCCNN1)CC2. The van der Waals surface area contributed by atoms with E-state index in [4.69, 9.17) is 0 Å². The molecule has 2 spiro atoms. The van der Waals surface area contributed by atoms with Gasteiger partial charge in [-0.15, -0.1) is 0 Å². The van der Waals surface area contributed by atoms with E-state index < -0.39 is 0 Å². The first-order chi connectivity index (χ1) is 7.83. The molecule has 92 valence electrons. The Kier molecular flexibility index (Phi) is 2.92. The normalized spacial score (nSPS) is 33.0. The molecular formula is C12H26N4+2. The van der Waals surface area contributed by atoms with Crippen LogP contribution in [0.4, 0.5) is 0 Å². The smallest absolute Gasteiger partial charge is 0.147 e. The fourth-order valence-electron chi connectivity index (χ4n) is 3.75. The van der Waals surface area contributed by atoms with Crippen LogP contribution in [0.25, 0.3) is 0 Å². The first-order valence-electron chi connectivity index (χ1n) is 7.04. The van der Waals surface area contributed by atoms with E-state index in [0.29, 0.717) is 0 Å². The van der Waals surface area contributed by atoms with Gasteiger partial charge in [-0.25, -0.2) is 10.0 Å². The van der Waals surface area contributed by atoms with Crippen LogP contribution in [0.2, 0.25) is 0 Å². The van der Waals surface area contributed by atoms with Crippen molar-refractivity contribution in [1.82, 2.24) is 11.0 Å². The van der Waals surface area contributed by atoms with Crippen LogP contribution in [0.5, 0.6) is 0 Å². The van der Waals surface area contributed by atoms with Crippen LogP contribution in [-0.2, 0) is 0 Å². The monoisotopic (exact) mass is 226 g/mol. The minimum absolute atomic E-state index is 1.14. The maximum absolute atomic E-state index is 3.53. The second-order valence-electron chi connectivity index (χ2n) is 6.00. The predicted molar refractivity (Wildman–Crippen MR) is 64.2 cm³/mol. The maximum atomic E-state index is 3.53. The molecule has 0 saturated carbocycles. The first kappa shape index (κ1) is 11.0. The Hall–Kier alpha value is -0.160. The molecule has 4 nitrogen and oxygen atoms in total. The van der Waals surface area contributed by atoms with Crippen LogP contribution in [0.15, 0.2) is 0 Å². The highest BCUT2D eigenvalue weighted by atomic mass is 15.8. The average Bonchev–Trinajstić information content (AvgIpc) is 2.36. The van der Waals surface area contributed by atoms with E-state index in [1.807, 2.05) is 0 Å². The molecule has 0 amide bonds. The molecule has 0 unspecified atom stereocenters. The molecule has 3 aliphatic rings. The number of quaternary nitrogens is 2. The highest BCUT2D eigenvalue weighted by Crippen LogP contribution is 2.24. The van der Waals surface area contributed by atoms with E-state index in [1.54, 1.807) is 0 Å². The van der Waals surface area contributed by atoms with Crippen LogP contribution < -0.4 is 11.0 Å². The van der Waals surface area contributed by atoms with Gasteiger partial charge in [-0.2, -0.15) is 0 Å². The second kappa shape index (κ2) is 4.26. The molecule has 3 aliphatic heterocycles.